The van der Waals surface area contributed by atoms with Crippen LogP contribution < -0.4 is 10.1 Å². The molecule has 1 amide bonds. The van der Waals surface area contributed by atoms with E-state index < -0.39 is 0 Å². The Hall–Kier alpha value is -2.54. The molecule has 0 unspecified atom stereocenters. The van der Waals surface area contributed by atoms with E-state index in [2.05, 4.69) is 21.4 Å². The van der Waals surface area contributed by atoms with Crippen molar-refractivity contribution in [3.63, 3.8) is 0 Å². The molecule has 1 aromatic heterocycles. The molecular formula is C20H26N4O3. The van der Waals surface area contributed by atoms with Crippen LogP contribution in [0, 0.1) is 5.92 Å². The molecule has 2 aliphatic rings. The van der Waals surface area contributed by atoms with Crippen molar-refractivity contribution in [2.24, 2.45) is 5.92 Å². The van der Waals surface area contributed by atoms with E-state index in [4.69, 9.17) is 4.74 Å². The van der Waals surface area contributed by atoms with Crippen LogP contribution in [-0.2, 0) is 31.0 Å². The van der Waals surface area contributed by atoms with Gasteiger partial charge in [-0.05, 0) is 36.6 Å². The van der Waals surface area contributed by atoms with Crippen molar-refractivity contribution >= 4 is 5.91 Å². The van der Waals surface area contributed by atoms with Crippen LogP contribution >= 0.6 is 0 Å². The molecule has 7 nitrogen and oxygen atoms in total. The number of hydrogen-bond acceptors (Lipinski definition) is 5. The van der Waals surface area contributed by atoms with Crippen LogP contribution in [0.5, 0.6) is 11.5 Å². The quantitative estimate of drug-likeness (QED) is 0.813. The van der Waals surface area contributed by atoms with Gasteiger partial charge >= 0.3 is 0 Å². The Labute approximate surface area is 158 Å². The van der Waals surface area contributed by atoms with E-state index >= 15 is 0 Å². The highest BCUT2D eigenvalue weighted by Crippen LogP contribution is 2.28. The number of rotatable bonds is 6. The molecule has 1 aromatic carbocycles. The molecule has 2 heterocycles. The number of ether oxygens (including phenoxy) is 1. The number of amides is 1. The fourth-order valence-electron chi connectivity index (χ4n) is 3.69. The van der Waals surface area contributed by atoms with Crippen molar-refractivity contribution in [1.29, 1.82) is 0 Å². The first-order valence-corrected chi connectivity index (χ1v) is 9.54. The van der Waals surface area contributed by atoms with Crippen LogP contribution in [0.1, 0.15) is 36.2 Å². The minimum Gasteiger partial charge on any atom is -0.504 e. The van der Waals surface area contributed by atoms with E-state index in [1.165, 1.54) is 6.42 Å². The highest BCUT2D eigenvalue weighted by atomic mass is 16.5. The maximum absolute atomic E-state index is 12.0. The lowest BCUT2D eigenvalue weighted by molar-refractivity contribution is -0.127. The molecule has 1 saturated carbocycles. The number of phenols is 1. The zero-order valence-corrected chi connectivity index (χ0v) is 15.6. The number of hydrogen-bond donors (Lipinski definition) is 2. The van der Waals surface area contributed by atoms with Crippen molar-refractivity contribution in [3.8, 4) is 11.5 Å². The van der Waals surface area contributed by atoms with E-state index in [0.717, 1.165) is 56.0 Å². The van der Waals surface area contributed by atoms with Crippen LogP contribution in [-0.4, -0.2) is 39.3 Å². The van der Waals surface area contributed by atoms with Crippen molar-refractivity contribution in [3.05, 3.63) is 41.2 Å². The van der Waals surface area contributed by atoms with Crippen molar-refractivity contribution in [2.75, 3.05) is 13.7 Å². The summed E-state index contributed by atoms with van der Waals surface area (Å²) in [5.41, 5.74) is 3.13. The number of aromatic hydroxyl groups is 1. The summed E-state index contributed by atoms with van der Waals surface area (Å²) < 4.78 is 7.13. The zero-order chi connectivity index (χ0) is 18.8. The van der Waals surface area contributed by atoms with Gasteiger partial charge in [0.25, 0.3) is 0 Å². The Balaban J connectivity index is 1.34. The van der Waals surface area contributed by atoms with Gasteiger partial charge in [-0.1, -0.05) is 12.5 Å². The van der Waals surface area contributed by atoms with Crippen molar-refractivity contribution < 1.29 is 14.6 Å². The fraction of sp³-hybridized carbons (Fsp3) is 0.500. The lowest BCUT2D eigenvalue weighted by atomic mass is 9.85. The summed E-state index contributed by atoms with van der Waals surface area (Å²) >= 11 is 0. The van der Waals surface area contributed by atoms with Gasteiger partial charge in [0, 0.05) is 25.6 Å². The number of nitrogens with zero attached hydrogens (tertiary/aromatic N) is 3. The fourth-order valence-corrected chi connectivity index (χ4v) is 3.69. The van der Waals surface area contributed by atoms with Crippen LogP contribution in [0.3, 0.4) is 0 Å². The van der Waals surface area contributed by atoms with E-state index in [-0.39, 0.29) is 17.6 Å². The third-order valence-corrected chi connectivity index (χ3v) is 5.50. The smallest absolute Gasteiger partial charge is 0.223 e. The van der Waals surface area contributed by atoms with E-state index in [1.807, 2.05) is 10.7 Å². The number of carbonyl (C=O) groups excluding carboxylic acids is 1. The number of methoxy groups -OCH3 is 1. The van der Waals surface area contributed by atoms with E-state index in [1.54, 1.807) is 19.2 Å². The summed E-state index contributed by atoms with van der Waals surface area (Å²) in [6, 6.07) is 7.61. The Bertz CT molecular complexity index is 829. The molecule has 0 bridgehead atoms. The standard InChI is InChI=1S/C20H26N4O3/c1-27-19-6-5-14(9-18(19)25)12-23-7-8-24-17(13-23)10-16(22-24)11-21-20(26)15-3-2-4-15/h5-6,9-10,15,25H,2-4,7-8,11-13H2,1H3,(H,21,26). The second-order valence-electron chi connectivity index (χ2n) is 7.41. The minimum absolute atomic E-state index is 0.160. The topological polar surface area (TPSA) is 79.6 Å². The average molecular weight is 370 g/mol. The molecule has 7 heteroatoms. The van der Waals surface area contributed by atoms with Crippen LogP contribution in [0.2, 0.25) is 0 Å². The second-order valence-corrected chi connectivity index (χ2v) is 7.41. The molecule has 0 saturated heterocycles. The Morgan fingerprint density at radius 1 is 1.33 bits per heavy atom. The van der Waals surface area contributed by atoms with E-state index in [0.29, 0.717) is 12.3 Å². The first-order valence-electron chi connectivity index (χ1n) is 9.54. The summed E-state index contributed by atoms with van der Waals surface area (Å²) in [5.74, 6) is 1.03. The summed E-state index contributed by atoms with van der Waals surface area (Å²) in [6.07, 6.45) is 3.20. The molecule has 0 radical (unpaired) electrons. The number of aromatic nitrogens is 2. The highest BCUT2D eigenvalue weighted by molar-refractivity contribution is 5.79. The first kappa shape index (κ1) is 17.9. The third-order valence-electron chi connectivity index (χ3n) is 5.50. The van der Waals surface area contributed by atoms with Crippen molar-refractivity contribution in [2.45, 2.75) is 45.4 Å². The second kappa shape index (κ2) is 7.60. The Morgan fingerprint density at radius 2 is 2.19 bits per heavy atom. The SMILES string of the molecule is COc1ccc(CN2CCn3nc(CNC(=O)C4CCC4)cc3C2)cc1O. The molecule has 144 valence electrons. The van der Waals surface area contributed by atoms with Gasteiger partial charge in [0.1, 0.15) is 0 Å². The molecule has 4 rings (SSSR count). The Morgan fingerprint density at radius 3 is 2.89 bits per heavy atom. The minimum atomic E-state index is 0.160. The monoisotopic (exact) mass is 370 g/mol. The molecule has 1 fully saturated rings. The maximum Gasteiger partial charge on any atom is 0.223 e. The first-order chi connectivity index (χ1) is 13.1. The van der Waals surface area contributed by atoms with Gasteiger partial charge < -0.3 is 15.2 Å². The number of carbonyl (C=O) groups is 1. The molecule has 0 atom stereocenters. The number of phenolic OH excluding ortho intramolecular Hbond substituents is 1. The predicted octanol–water partition coefficient (Wildman–Crippen LogP) is 2.03. The zero-order valence-electron chi connectivity index (χ0n) is 15.6. The third kappa shape index (κ3) is 3.93. The van der Waals surface area contributed by atoms with Gasteiger partial charge in [0.15, 0.2) is 11.5 Å². The van der Waals surface area contributed by atoms with Crippen LogP contribution in [0.15, 0.2) is 24.3 Å². The summed E-state index contributed by atoms with van der Waals surface area (Å²) in [4.78, 5) is 14.3. The summed E-state index contributed by atoms with van der Waals surface area (Å²) in [6.45, 7) is 3.79. The number of fused-ring (bicyclic) bond motifs is 1. The van der Waals surface area contributed by atoms with Crippen LogP contribution in [0.25, 0.3) is 0 Å². The number of benzene rings is 1. The van der Waals surface area contributed by atoms with Crippen molar-refractivity contribution in [1.82, 2.24) is 20.0 Å². The maximum atomic E-state index is 12.0. The highest BCUT2D eigenvalue weighted by Gasteiger charge is 2.25. The average Bonchev–Trinajstić information content (AvgIpc) is 3.01. The van der Waals surface area contributed by atoms with Gasteiger partial charge in [0.05, 0.1) is 31.6 Å². The predicted molar refractivity (Wildman–Crippen MR) is 100 cm³/mol. The van der Waals surface area contributed by atoms with Gasteiger partial charge in [0.2, 0.25) is 5.91 Å². The molecule has 2 aromatic rings. The molecule has 2 N–H and O–H groups in total. The molecule has 0 spiro atoms. The molecule has 1 aliphatic heterocycles. The molecule has 1 aliphatic carbocycles. The lowest BCUT2D eigenvalue weighted by Gasteiger charge is -2.27. The Kier molecular flexibility index (Phi) is 5.03. The van der Waals surface area contributed by atoms with Crippen LogP contribution in [0.4, 0.5) is 0 Å². The van der Waals surface area contributed by atoms with Gasteiger partial charge in [-0.15, -0.1) is 0 Å². The summed E-state index contributed by atoms with van der Waals surface area (Å²) in [5, 5.41) is 17.6. The summed E-state index contributed by atoms with van der Waals surface area (Å²) in [7, 11) is 1.55. The number of nitrogens with one attached hydrogen (secondary N) is 1. The molecular weight excluding hydrogens is 344 g/mol. The van der Waals surface area contributed by atoms with Gasteiger partial charge in [-0.3, -0.25) is 14.4 Å². The lowest BCUT2D eigenvalue weighted by Crippen LogP contribution is -2.34. The van der Waals surface area contributed by atoms with Gasteiger partial charge in [-0.25, -0.2) is 0 Å². The largest absolute Gasteiger partial charge is 0.504 e. The normalized spacial score (nSPS) is 17.2. The van der Waals surface area contributed by atoms with E-state index in [9.17, 15) is 9.90 Å². The molecule has 27 heavy (non-hydrogen) atoms. The van der Waals surface area contributed by atoms with Gasteiger partial charge in [-0.2, -0.15) is 5.10 Å².